The summed E-state index contributed by atoms with van der Waals surface area (Å²) in [5, 5.41) is 0.924. The van der Waals surface area contributed by atoms with Crippen molar-refractivity contribution in [3.63, 3.8) is 0 Å². The first-order valence-electron chi connectivity index (χ1n) is 18.9. The van der Waals surface area contributed by atoms with Crippen molar-refractivity contribution in [2.45, 2.75) is 108 Å². The SMILES string of the molecule is CC(C)(C)[Si](C)(C)O[C@H]1/C=C\CCN(C[C@@H]2CCCO2)SNC(=O)c2ccc3c(c2)N(C[C@@H]2CC[C@H]21)C[C@@]1(CCCc2cc(Cl)ccc21)CO3. The van der Waals surface area contributed by atoms with Crippen LogP contribution in [0.25, 0.3) is 0 Å². The Bertz CT molecular complexity index is 1580. The van der Waals surface area contributed by atoms with E-state index in [-0.39, 0.29) is 28.6 Å². The van der Waals surface area contributed by atoms with Gasteiger partial charge in [-0.25, -0.2) is 4.31 Å². The molecule has 1 amide bonds. The van der Waals surface area contributed by atoms with E-state index in [0.29, 0.717) is 24.0 Å². The predicted molar refractivity (Wildman–Crippen MR) is 208 cm³/mol. The Morgan fingerprint density at radius 3 is 2.74 bits per heavy atom. The van der Waals surface area contributed by atoms with Crippen LogP contribution in [0.15, 0.2) is 48.6 Å². The van der Waals surface area contributed by atoms with Crippen LogP contribution in [-0.2, 0) is 21.0 Å². The highest BCUT2D eigenvalue weighted by molar-refractivity contribution is 7.95. The molecule has 272 valence electrons. The van der Waals surface area contributed by atoms with E-state index in [2.05, 4.69) is 78.1 Å². The number of hydrogen-bond acceptors (Lipinski definition) is 7. The lowest BCUT2D eigenvalue weighted by atomic mass is 9.68. The molecule has 0 aromatic heterocycles. The molecule has 7 rings (SSSR count). The molecule has 1 spiro atoms. The monoisotopic (exact) mass is 737 g/mol. The first kappa shape index (κ1) is 36.3. The van der Waals surface area contributed by atoms with Gasteiger partial charge in [0, 0.05) is 60.9 Å². The van der Waals surface area contributed by atoms with Crippen molar-refractivity contribution in [2.24, 2.45) is 11.8 Å². The number of rotatable bonds is 4. The number of anilines is 1. The van der Waals surface area contributed by atoms with E-state index >= 15 is 0 Å². The zero-order valence-corrected chi connectivity index (χ0v) is 33.2. The Morgan fingerprint density at radius 2 is 1.98 bits per heavy atom. The Balaban J connectivity index is 1.25. The predicted octanol–water partition coefficient (Wildman–Crippen LogP) is 8.96. The van der Waals surface area contributed by atoms with Crippen LogP contribution < -0.4 is 14.4 Å². The fourth-order valence-corrected chi connectivity index (χ4v) is 10.6. The Kier molecular flexibility index (Phi) is 10.7. The topological polar surface area (TPSA) is 63.3 Å². The fraction of sp³-hybridized carbons (Fsp3) is 0.625. The van der Waals surface area contributed by atoms with E-state index in [0.717, 1.165) is 87.8 Å². The highest BCUT2D eigenvalue weighted by Crippen LogP contribution is 2.48. The quantitative estimate of drug-likeness (QED) is 0.191. The number of aryl methyl sites for hydroxylation is 1. The van der Waals surface area contributed by atoms with Gasteiger partial charge < -0.3 is 18.8 Å². The first-order valence-corrected chi connectivity index (χ1v) is 23.0. The Labute approximate surface area is 310 Å². The van der Waals surface area contributed by atoms with Gasteiger partial charge in [-0.05, 0) is 123 Å². The molecule has 10 heteroatoms. The summed E-state index contributed by atoms with van der Waals surface area (Å²) in [7, 11) is -2.03. The molecule has 7 nitrogen and oxygen atoms in total. The molecule has 2 aromatic rings. The number of halogens is 1. The van der Waals surface area contributed by atoms with E-state index < -0.39 is 8.32 Å². The van der Waals surface area contributed by atoms with Crippen molar-refractivity contribution in [3.8, 4) is 5.75 Å². The van der Waals surface area contributed by atoms with Gasteiger partial charge in [0.25, 0.3) is 5.91 Å². The maximum atomic E-state index is 13.8. The van der Waals surface area contributed by atoms with E-state index in [1.54, 1.807) is 0 Å². The normalized spacial score (nSPS) is 30.0. The van der Waals surface area contributed by atoms with Gasteiger partial charge in [-0.15, -0.1) is 0 Å². The second-order valence-electron chi connectivity index (χ2n) is 16.9. The molecule has 1 saturated heterocycles. The van der Waals surface area contributed by atoms with Crippen LogP contribution in [0, 0.1) is 11.8 Å². The molecule has 0 unspecified atom stereocenters. The van der Waals surface area contributed by atoms with Crippen LogP contribution in [-0.4, -0.2) is 70.1 Å². The van der Waals surface area contributed by atoms with Gasteiger partial charge in [0.15, 0.2) is 8.32 Å². The van der Waals surface area contributed by atoms with Crippen LogP contribution in [0.2, 0.25) is 23.2 Å². The molecular formula is C40H56ClN3O4SSi. The van der Waals surface area contributed by atoms with Gasteiger partial charge in [0.2, 0.25) is 0 Å². The summed E-state index contributed by atoms with van der Waals surface area (Å²) < 4.78 is 25.5. The molecule has 2 aromatic carbocycles. The number of nitrogens with zero attached hydrogens (tertiary/aromatic N) is 2. The summed E-state index contributed by atoms with van der Waals surface area (Å²) in [5.41, 5.74) is 4.22. The smallest absolute Gasteiger partial charge is 0.262 e. The van der Waals surface area contributed by atoms with Gasteiger partial charge in [-0.1, -0.05) is 50.6 Å². The van der Waals surface area contributed by atoms with Crippen LogP contribution in [0.4, 0.5) is 5.69 Å². The van der Waals surface area contributed by atoms with Crippen molar-refractivity contribution in [1.29, 1.82) is 0 Å². The number of fused-ring (bicyclic) bond motifs is 4. The van der Waals surface area contributed by atoms with Crippen LogP contribution >= 0.6 is 23.7 Å². The molecule has 2 bridgehead atoms. The number of hydrogen-bond donors (Lipinski definition) is 1. The average Bonchev–Trinajstić information content (AvgIpc) is 3.52. The molecule has 0 radical (unpaired) electrons. The second kappa shape index (κ2) is 14.8. The summed E-state index contributed by atoms with van der Waals surface area (Å²) in [6.07, 6.45) is 13.6. The lowest BCUT2D eigenvalue weighted by Crippen LogP contribution is -2.52. The van der Waals surface area contributed by atoms with Gasteiger partial charge in [0.05, 0.1) is 24.5 Å². The maximum absolute atomic E-state index is 13.8. The molecule has 5 atom stereocenters. The van der Waals surface area contributed by atoms with Gasteiger partial charge >= 0.3 is 0 Å². The minimum atomic E-state index is -2.03. The molecule has 1 saturated carbocycles. The summed E-state index contributed by atoms with van der Waals surface area (Å²) in [6.45, 7) is 16.6. The highest BCUT2D eigenvalue weighted by Gasteiger charge is 2.46. The molecule has 2 fully saturated rings. The number of amides is 1. The minimum absolute atomic E-state index is 0.0845. The van der Waals surface area contributed by atoms with E-state index in [1.807, 2.05) is 18.2 Å². The molecule has 3 aliphatic heterocycles. The molecule has 2 aliphatic carbocycles. The third kappa shape index (κ3) is 7.69. The van der Waals surface area contributed by atoms with Crippen LogP contribution in [0.1, 0.15) is 87.2 Å². The van der Waals surface area contributed by atoms with Gasteiger partial charge in [-0.3, -0.25) is 9.52 Å². The van der Waals surface area contributed by atoms with Gasteiger partial charge in [-0.2, -0.15) is 0 Å². The summed E-state index contributed by atoms with van der Waals surface area (Å²) in [5.74, 6) is 1.69. The molecule has 50 heavy (non-hydrogen) atoms. The maximum Gasteiger partial charge on any atom is 0.262 e. The van der Waals surface area contributed by atoms with Crippen molar-refractivity contribution in [3.05, 3.63) is 70.3 Å². The molecule has 5 aliphatic rings. The number of carbonyl (C=O) groups is 1. The number of nitrogens with one attached hydrogen (secondary N) is 1. The van der Waals surface area contributed by atoms with Crippen LogP contribution in [0.5, 0.6) is 5.75 Å². The van der Waals surface area contributed by atoms with Crippen molar-refractivity contribution < 1.29 is 18.7 Å². The minimum Gasteiger partial charge on any atom is -0.490 e. The third-order valence-electron chi connectivity index (χ3n) is 12.5. The zero-order chi connectivity index (χ0) is 35.1. The van der Waals surface area contributed by atoms with Crippen LogP contribution in [0.3, 0.4) is 0 Å². The standard InChI is InChI=1S/C40H56ClN3O4SSi/c1-39(2,3)50(4,5)48-36-12-6-7-20-44(25-32-11-9-21-46-32)49-42-38(45)29-14-18-37-35(23-29)43(24-30-13-16-33(30)36)26-40(27-47-37)19-8-10-28-22-31(41)15-17-34(28)40/h6,12,14-15,17-18,22-23,30,32-33,36H,7-11,13,16,19-21,24-27H2,1-5H3,(H,42,45)/b12-6-/t30-,32-,33+,36-,40-/m0/s1. The van der Waals surface area contributed by atoms with E-state index in [4.69, 9.17) is 25.5 Å². The largest absolute Gasteiger partial charge is 0.490 e. The third-order valence-corrected chi connectivity index (χ3v) is 18.0. The Hall–Kier alpha value is -2.01. The fourth-order valence-electron chi connectivity index (χ4n) is 8.38. The Morgan fingerprint density at radius 1 is 1.12 bits per heavy atom. The van der Waals surface area contributed by atoms with Crippen molar-refractivity contribution >= 4 is 43.6 Å². The van der Waals surface area contributed by atoms with Crippen molar-refractivity contribution in [2.75, 3.05) is 44.3 Å². The molecular weight excluding hydrogens is 682 g/mol. The van der Waals surface area contributed by atoms with Gasteiger partial charge in [0.1, 0.15) is 5.75 Å². The van der Waals surface area contributed by atoms with Crippen molar-refractivity contribution in [1.82, 2.24) is 9.03 Å². The second-order valence-corrected chi connectivity index (χ2v) is 23.0. The number of benzene rings is 2. The summed E-state index contributed by atoms with van der Waals surface area (Å²) in [6, 6.07) is 12.5. The zero-order valence-electron chi connectivity index (χ0n) is 30.6. The number of carbonyl (C=O) groups excluding carboxylic acids is 1. The highest BCUT2D eigenvalue weighted by atomic mass is 35.5. The lowest BCUT2D eigenvalue weighted by Gasteiger charge is -2.48. The van der Waals surface area contributed by atoms with E-state index in [9.17, 15) is 4.79 Å². The first-order chi connectivity index (χ1) is 23.9. The average molecular weight is 739 g/mol. The van der Waals surface area contributed by atoms with E-state index in [1.165, 1.54) is 36.1 Å². The number of ether oxygens (including phenoxy) is 2. The molecule has 1 N–H and O–H groups in total. The molecule has 3 heterocycles. The lowest BCUT2D eigenvalue weighted by molar-refractivity contribution is 0.0524. The summed E-state index contributed by atoms with van der Waals surface area (Å²) >= 11 is 7.92. The summed E-state index contributed by atoms with van der Waals surface area (Å²) in [4.78, 5) is 16.3.